The van der Waals surface area contributed by atoms with Crippen LogP contribution in [-0.4, -0.2) is 33.0 Å². The fourth-order valence-corrected chi connectivity index (χ4v) is 3.64. The summed E-state index contributed by atoms with van der Waals surface area (Å²) in [7, 11) is -2.25. The van der Waals surface area contributed by atoms with Crippen LogP contribution in [0.2, 0.25) is 0 Å². The minimum Gasteiger partial charge on any atom is -0.497 e. The van der Waals surface area contributed by atoms with Crippen molar-refractivity contribution in [2.75, 3.05) is 18.4 Å². The van der Waals surface area contributed by atoms with Gasteiger partial charge in [-0.25, -0.2) is 13.4 Å². The van der Waals surface area contributed by atoms with Crippen LogP contribution in [0.1, 0.15) is 10.4 Å². The van der Waals surface area contributed by atoms with Gasteiger partial charge in [0.05, 0.1) is 12.0 Å². The molecule has 1 amide bonds. The molecule has 0 saturated carbocycles. The summed E-state index contributed by atoms with van der Waals surface area (Å²) >= 11 is 0. The topological polar surface area (TPSA) is 107 Å². The molecule has 0 spiro atoms. The molecule has 8 nitrogen and oxygen atoms in total. The molecule has 0 unspecified atom stereocenters. The van der Waals surface area contributed by atoms with Crippen molar-refractivity contribution in [3.05, 3.63) is 85.1 Å². The highest BCUT2D eigenvalue weighted by atomic mass is 32.2. The Labute approximate surface area is 180 Å². The van der Waals surface area contributed by atoms with Gasteiger partial charge in [-0.2, -0.15) is 0 Å². The highest BCUT2D eigenvalue weighted by Crippen LogP contribution is 2.25. The molecular weight excluding hydrogens is 418 g/mol. The third kappa shape index (κ3) is 5.61. The van der Waals surface area contributed by atoms with Gasteiger partial charge in [-0.1, -0.05) is 6.08 Å². The second-order valence-corrected chi connectivity index (χ2v) is 7.94. The number of amides is 1. The molecule has 0 aliphatic heterocycles. The zero-order valence-corrected chi connectivity index (χ0v) is 17.6. The number of nitrogens with one attached hydrogen (secondary N) is 2. The van der Waals surface area contributed by atoms with Crippen LogP contribution in [-0.2, 0) is 10.0 Å². The summed E-state index contributed by atoms with van der Waals surface area (Å²) in [6, 6.07) is 15.5. The first-order chi connectivity index (χ1) is 14.9. The number of carbonyl (C=O) groups excluding carboxylic acids is 1. The maximum absolute atomic E-state index is 12.5. The molecule has 0 bridgehead atoms. The van der Waals surface area contributed by atoms with Gasteiger partial charge in [-0.3, -0.25) is 9.52 Å². The number of hydrogen-bond donors (Lipinski definition) is 2. The van der Waals surface area contributed by atoms with Gasteiger partial charge in [-0.15, -0.1) is 6.58 Å². The number of pyridine rings is 1. The molecule has 0 aliphatic rings. The number of anilines is 1. The van der Waals surface area contributed by atoms with E-state index in [-0.39, 0.29) is 22.2 Å². The van der Waals surface area contributed by atoms with E-state index in [2.05, 4.69) is 21.6 Å². The largest absolute Gasteiger partial charge is 0.497 e. The number of carbonyl (C=O) groups is 1. The molecular formula is C22H21N3O5S. The first-order valence-corrected chi connectivity index (χ1v) is 10.7. The van der Waals surface area contributed by atoms with E-state index in [4.69, 9.17) is 9.47 Å². The monoisotopic (exact) mass is 439 g/mol. The third-order valence-corrected chi connectivity index (χ3v) is 5.51. The Morgan fingerprint density at radius 2 is 1.74 bits per heavy atom. The first-order valence-electron chi connectivity index (χ1n) is 9.22. The van der Waals surface area contributed by atoms with E-state index in [1.807, 2.05) is 0 Å². The third-order valence-electron chi connectivity index (χ3n) is 4.11. The summed E-state index contributed by atoms with van der Waals surface area (Å²) in [4.78, 5) is 16.5. The number of aromatic nitrogens is 1. The number of benzene rings is 2. The Hall–Kier alpha value is -3.85. The molecule has 2 N–H and O–H groups in total. The Kier molecular flexibility index (Phi) is 6.88. The zero-order valence-electron chi connectivity index (χ0n) is 16.7. The smallest absolute Gasteiger partial charge is 0.261 e. The van der Waals surface area contributed by atoms with Crippen LogP contribution in [0.5, 0.6) is 17.4 Å². The minimum atomic E-state index is -3.76. The van der Waals surface area contributed by atoms with Crippen LogP contribution < -0.4 is 19.5 Å². The molecule has 0 saturated heterocycles. The van der Waals surface area contributed by atoms with E-state index in [9.17, 15) is 13.2 Å². The van der Waals surface area contributed by atoms with Gasteiger partial charge in [-0.05, 0) is 60.7 Å². The maximum Gasteiger partial charge on any atom is 0.261 e. The lowest BCUT2D eigenvalue weighted by Gasteiger charge is -2.11. The lowest BCUT2D eigenvalue weighted by Crippen LogP contribution is -2.23. The van der Waals surface area contributed by atoms with E-state index in [1.165, 1.54) is 25.4 Å². The summed E-state index contributed by atoms with van der Waals surface area (Å²) in [5.74, 6) is 0.749. The molecule has 160 valence electrons. The Morgan fingerprint density at radius 1 is 1.06 bits per heavy atom. The fourth-order valence-electron chi connectivity index (χ4n) is 2.58. The average Bonchev–Trinajstić information content (AvgIpc) is 2.79. The van der Waals surface area contributed by atoms with E-state index in [0.717, 1.165) is 0 Å². The minimum absolute atomic E-state index is 0.109. The molecule has 1 heterocycles. The molecule has 31 heavy (non-hydrogen) atoms. The molecule has 3 aromatic rings. The number of methoxy groups -OCH3 is 1. The highest BCUT2D eigenvalue weighted by Gasteiger charge is 2.16. The van der Waals surface area contributed by atoms with Crippen LogP contribution in [0.4, 0.5) is 5.69 Å². The summed E-state index contributed by atoms with van der Waals surface area (Å²) in [6.07, 6.45) is 3.08. The number of rotatable bonds is 9. The van der Waals surface area contributed by atoms with Crippen molar-refractivity contribution in [3.63, 3.8) is 0 Å². The predicted octanol–water partition coefficient (Wildman–Crippen LogP) is 3.60. The molecule has 0 aliphatic carbocycles. The molecule has 9 heteroatoms. The van der Waals surface area contributed by atoms with Crippen LogP contribution in [0, 0.1) is 0 Å². The van der Waals surface area contributed by atoms with E-state index in [1.54, 1.807) is 54.6 Å². The quantitative estimate of drug-likeness (QED) is 0.494. The van der Waals surface area contributed by atoms with E-state index < -0.39 is 10.0 Å². The second kappa shape index (κ2) is 9.77. The fraction of sp³-hybridized carbons (Fsp3) is 0.0909. The molecule has 2 aromatic carbocycles. The summed E-state index contributed by atoms with van der Waals surface area (Å²) in [5.41, 5.74) is 0.627. The molecule has 0 radical (unpaired) electrons. The zero-order chi connectivity index (χ0) is 22.3. The van der Waals surface area contributed by atoms with E-state index in [0.29, 0.717) is 23.7 Å². The Bertz CT molecular complexity index is 1160. The van der Waals surface area contributed by atoms with Crippen molar-refractivity contribution in [1.29, 1.82) is 0 Å². The van der Waals surface area contributed by atoms with Gasteiger partial charge in [0, 0.05) is 18.4 Å². The lowest BCUT2D eigenvalue weighted by molar-refractivity contribution is 0.0955. The highest BCUT2D eigenvalue weighted by molar-refractivity contribution is 7.92. The van der Waals surface area contributed by atoms with Crippen molar-refractivity contribution < 1.29 is 22.7 Å². The summed E-state index contributed by atoms with van der Waals surface area (Å²) < 4.78 is 38.3. The maximum atomic E-state index is 12.5. The van der Waals surface area contributed by atoms with Crippen LogP contribution >= 0.6 is 0 Å². The Balaban J connectivity index is 1.72. The van der Waals surface area contributed by atoms with Crippen molar-refractivity contribution >= 4 is 21.6 Å². The predicted molar refractivity (Wildman–Crippen MR) is 117 cm³/mol. The van der Waals surface area contributed by atoms with Crippen molar-refractivity contribution in [2.24, 2.45) is 0 Å². The first kappa shape index (κ1) is 21.8. The molecule has 0 atom stereocenters. The standard InChI is InChI=1S/C22H21N3O5S/c1-3-14-23-21(26)20-5-4-15-24-22(20)30-18-8-6-16(7-9-18)25-31(27,28)19-12-10-17(29-2)11-13-19/h3-13,15,25H,1,14H2,2H3,(H,23,26). The van der Waals surface area contributed by atoms with Crippen molar-refractivity contribution in [3.8, 4) is 17.4 Å². The molecule has 3 rings (SSSR count). The van der Waals surface area contributed by atoms with Crippen LogP contribution in [0.15, 0.2) is 84.4 Å². The Morgan fingerprint density at radius 3 is 2.39 bits per heavy atom. The molecule has 1 aromatic heterocycles. The average molecular weight is 439 g/mol. The number of ether oxygens (including phenoxy) is 2. The number of sulfonamides is 1. The van der Waals surface area contributed by atoms with Gasteiger partial charge >= 0.3 is 0 Å². The lowest BCUT2D eigenvalue weighted by atomic mass is 10.2. The second-order valence-electron chi connectivity index (χ2n) is 6.26. The number of hydrogen-bond acceptors (Lipinski definition) is 6. The van der Waals surface area contributed by atoms with Crippen molar-refractivity contribution in [2.45, 2.75) is 4.90 Å². The SMILES string of the molecule is C=CCNC(=O)c1cccnc1Oc1ccc(NS(=O)(=O)c2ccc(OC)cc2)cc1. The van der Waals surface area contributed by atoms with E-state index >= 15 is 0 Å². The molecule has 0 fully saturated rings. The van der Waals surface area contributed by atoms with Crippen LogP contribution in [0.3, 0.4) is 0 Å². The van der Waals surface area contributed by atoms with Crippen LogP contribution in [0.25, 0.3) is 0 Å². The van der Waals surface area contributed by atoms with Gasteiger partial charge < -0.3 is 14.8 Å². The van der Waals surface area contributed by atoms with Gasteiger partial charge in [0.25, 0.3) is 15.9 Å². The number of nitrogens with zero attached hydrogens (tertiary/aromatic N) is 1. The van der Waals surface area contributed by atoms with Crippen molar-refractivity contribution in [1.82, 2.24) is 10.3 Å². The van der Waals surface area contributed by atoms with Gasteiger partial charge in [0.15, 0.2) is 0 Å². The van der Waals surface area contributed by atoms with Gasteiger partial charge in [0.2, 0.25) is 5.88 Å². The van der Waals surface area contributed by atoms with Gasteiger partial charge in [0.1, 0.15) is 17.1 Å². The summed E-state index contributed by atoms with van der Waals surface area (Å²) in [5, 5.41) is 2.67. The summed E-state index contributed by atoms with van der Waals surface area (Å²) in [6.45, 7) is 3.88. The normalized spacial score (nSPS) is 10.7.